The number of methoxy groups -OCH3 is 1. The van der Waals surface area contributed by atoms with Gasteiger partial charge in [-0.2, -0.15) is 0 Å². The summed E-state index contributed by atoms with van der Waals surface area (Å²) < 4.78 is 5.47. The first-order valence-electron chi connectivity index (χ1n) is 11.8. The fraction of sp³-hybridized carbons (Fsp3) is 0.214. The number of aryl methyl sites for hydroxylation is 1. The van der Waals surface area contributed by atoms with Gasteiger partial charge >= 0.3 is 41.6 Å². The normalized spacial score (nSPS) is 10.9. The van der Waals surface area contributed by atoms with E-state index in [0.717, 1.165) is 5.56 Å². The van der Waals surface area contributed by atoms with Gasteiger partial charge in [-0.25, -0.2) is 4.79 Å². The van der Waals surface area contributed by atoms with Gasteiger partial charge in [-0.15, -0.1) is 0 Å². The molecule has 0 bridgehead atoms. The van der Waals surface area contributed by atoms with E-state index >= 15 is 0 Å². The van der Waals surface area contributed by atoms with Gasteiger partial charge in [-0.05, 0) is 48.4 Å². The average Bonchev–Trinajstić information content (AvgIpc) is 2.85. The van der Waals surface area contributed by atoms with Gasteiger partial charge in [0.05, 0.1) is 30.9 Å². The van der Waals surface area contributed by atoms with E-state index in [-0.39, 0.29) is 47.8 Å². The Kier molecular flexibility index (Phi) is 11.5. The summed E-state index contributed by atoms with van der Waals surface area (Å²) in [5.74, 6) is -1.33. The van der Waals surface area contributed by atoms with Crippen molar-refractivity contribution in [1.29, 1.82) is 0 Å². The maximum absolute atomic E-state index is 12.6. The number of hydrogen-bond acceptors (Lipinski definition) is 5. The van der Waals surface area contributed by atoms with Crippen molar-refractivity contribution in [2.75, 3.05) is 22.6 Å². The number of urea groups is 1. The second kappa shape index (κ2) is 14.3. The van der Waals surface area contributed by atoms with Crippen LogP contribution in [0.2, 0.25) is 0 Å². The molecule has 0 aliphatic carbocycles. The Morgan fingerprint density at radius 2 is 1.51 bits per heavy atom. The Balaban J connectivity index is 0.00000533. The van der Waals surface area contributed by atoms with Crippen molar-refractivity contribution in [2.45, 2.75) is 33.2 Å². The fourth-order valence-electron chi connectivity index (χ4n) is 3.95. The van der Waals surface area contributed by atoms with Crippen LogP contribution >= 0.6 is 0 Å². The zero-order valence-electron chi connectivity index (χ0n) is 21.6. The number of carboxylic acid groups (broad SMARTS) is 1. The molecule has 3 aromatic rings. The second-order valence-electron chi connectivity index (χ2n) is 8.58. The van der Waals surface area contributed by atoms with E-state index < -0.39 is 18.0 Å². The summed E-state index contributed by atoms with van der Waals surface area (Å²) >= 11 is 0. The Bertz CT molecular complexity index is 1330. The summed E-state index contributed by atoms with van der Waals surface area (Å²) in [4.78, 5) is 49.4. The molecule has 0 fully saturated rings. The van der Waals surface area contributed by atoms with Gasteiger partial charge in [-0.3, -0.25) is 19.3 Å². The number of rotatable bonds is 9. The van der Waals surface area contributed by atoms with Crippen LogP contribution in [0, 0.1) is 6.92 Å². The Labute approximate surface area is 249 Å². The molecule has 3 aromatic carbocycles. The van der Waals surface area contributed by atoms with Gasteiger partial charge in [0.25, 0.3) is 0 Å². The van der Waals surface area contributed by atoms with Crippen molar-refractivity contribution in [1.82, 2.24) is 5.32 Å². The van der Waals surface area contributed by atoms with Crippen molar-refractivity contribution < 1.29 is 29.0 Å². The molecular weight excluding hydrogens is 511 g/mol. The van der Waals surface area contributed by atoms with Gasteiger partial charge in [0.1, 0.15) is 5.75 Å². The zero-order valence-corrected chi connectivity index (χ0v) is 21.6. The molecule has 0 aromatic heterocycles. The second-order valence-corrected chi connectivity index (χ2v) is 8.58. The van der Waals surface area contributed by atoms with E-state index in [9.17, 15) is 24.3 Å². The predicted molar refractivity (Wildman–Crippen MR) is 152 cm³/mol. The van der Waals surface area contributed by atoms with Gasteiger partial charge in [0, 0.05) is 31.3 Å². The maximum atomic E-state index is 12.6. The number of nitrogens with zero attached hydrogens (tertiary/aromatic N) is 1. The molecule has 0 radical (unpaired) electrons. The molecule has 0 aliphatic heterocycles. The number of ether oxygens (including phenoxy) is 1. The van der Waals surface area contributed by atoms with Crippen molar-refractivity contribution in [3.8, 4) is 5.75 Å². The number of carbonyl (C=O) groups is 4. The number of amides is 4. The summed E-state index contributed by atoms with van der Waals surface area (Å²) in [6.45, 7) is 4.62. The van der Waals surface area contributed by atoms with E-state index in [1.54, 1.807) is 48.5 Å². The van der Waals surface area contributed by atoms with Crippen LogP contribution < -0.4 is 25.6 Å². The molecule has 0 heterocycles. The van der Waals surface area contributed by atoms with Crippen LogP contribution in [0.3, 0.4) is 0 Å². The van der Waals surface area contributed by atoms with Crippen LogP contribution in [0.1, 0.15) is 37.4 Å². The van der Waals surface area contributed by atoms with Crippen molar-refractivity contribution in [3.63, 3.8) is 0 Å². The molecule has 200 valence electrons. The van der Waals surface area contributed by atoms with Crippen LogP contribution in [0.15, 0.2) is 66.7 Å². The standard InChI is InChI=1S/C28H30N4O6.Na.H/c1-17-7-5-6-8-23(17)30-28(37)31-24-14-13-22(15-26(24)38-4)32(19(3)34)21-11-9-20(10-12-21)25(16-27(35)36)29-18(2)33;;/h5-15,25H,16H2,1-4H3,(H,29,33)(H,35,36)(H2,30,31,37);;/t25-;;/m1../s1. The molecule has 0 spiro atoms. The molecule has 4 N–H and O–H groups in total. The molecule has 3 rings (SSSR count). The quantitative estimate of drug-likeness (QED) is 0.297. The minimum atomic E-state index is -1.05. The van der Waals surface area contributed by atoms with Crippen LogP contribution in [0.5, 0.6) is 5.75 Å². The van der Waals surface area contributed by atoms with E-state index in [1.165, 1.54) is 25.9 Å². The van der Waals surface area contributed by atoms with Crippen LogP contribution in [0.4, 0.5) is 27.5 Å². The first kappa shape index (κ1) is 31.4. The molecule has 0 aliphatic rings. The number of carbonyl (C=O) groups excluding carboxylic acids is 3. The van der Waals surface area contributed by atoms with E-state index in [1.807, 2.05) is 25.1 Å². The summed E-state index contributed by atoms with van der Waals surface area (Å²) in [5, 5.41) is 17.4. The minimum absolute atomic E-state index is 0. The topological polar surface area (TPSA) is 137 Å². The number of hydrogen-bond donors (Lipinski definition) is 4. The van der Waals surface area contributed by atoms with Gasteiger partial charge in [0.2, 0.25) is 11.8 Å². The first-order chi connectivity index (χ1) is 18.1. The van der Waals surface area contributed by atoms with Crippen LogP contribution in [-0.2, 0) is 14.4 Å². The Hall–Kier alpha value is -3.86. The van der Waals surface area contributed by atoms with E-state index in [0.29, 0.717) is 34.1 Å². The number of carboxylic acids is 1. The molecule has 0 saturated heterocycles. The third kappa shape index (κ3) is 8.57. The monoisotopic (exact) mass is 542 g/mol. The molecule has 4 amide bonds. The number of anilines is 4. The van der Waals surface area contributed by atoms with Gasteiger partial charge in [0.15, 0.2) is 0 Å². The Morgan fingerprint density at radius 1 is 0.897 bits per heavy atom. The molecular formula is C28H31N4NaO6. The predicted octanol–water partition coefficient (Wildman–Crippen LogP) is 4.34. The molecule has 0 unspecified atom stereocenters. The number of nitrogens with one attached hydrogen (secondary N) is 3. The van der Waals surface area contributed by atoms with E-state index in [4.69, 9.17) is 4.74 Å². The number of benzene rings is 3. The summed E-state index contributed by atoms with van der Waals surface area (Å²) in [7, 11) is 1.46. The number of aliphatic carboxylic acids is 1. The molecule has 39 heavy (non-hydrogen) atoms. The van der Waals surface area contributed by atoms with Crippen molar-refractivity contribution >= 4 is 76.1 Å². The summed E-state index contributed by atoms with van der Waals surface area (Å²) in [5.41, 5.74) is 3.61. The van der Waals surface area contributed by atoms with Crippen molar-refractivity contribution in [2.24, 2.45) is 0 Å². The zero-order chi connectivity index (χ0) is 27.8. The number of para-hydroxylation sites is 1. The van der Waals surface area contributed by atoms with Crippen LogP contribution in [0.25, 0.3) is 0 Å². The first-order valence-corrected chi connectivity index (χ1v) is 11.8. The molecule has 1 atom stereocenters. The van der Waals surface area contributed by atoms with Gasteiger partial charge in [-0.1, -0.05) is 30.3 Å². The average molecular weight is 543 g/mol. The summed E-state index contributed by atoms with van der Waals surface area (Å²) in [6.07, 6.45) is -0.279. The third-order valence-electron chi connectivity index (χ3n) is 5.71. The fourth-order valence-corrected chi connectivity index (χ4v) is 3.95. The van der Waals surface area contributed by atoms with E-state index in [2.05, 4.69) is 16.0 Å². The molecule has 10 nitrogen and oxygen atoms in total. The summed E-state index contributed by atoms with van der Waals surface area (Å²) in [6, 6.07) is 17.8. The SMILES string of the molecule is COc1cc(N(C(C)=O)c2ccc([C@@H](CC(=O)O)NC(C)=O)cc2)ccc1NC(=O)Nc1ccccc1C.[NaH]. The van der Waals surface area contributed by atoms with Gasteiger partial charge < -0.3 is 25.8 Å². The third-order valence-corrected chi connectivity index (χ3v) is 5.71. The van der Waals surface area contributed by atoms with Crippen LogP contribution in [-0.4, -0.2) is 65.6 Å². The molecule has 11 heteroatoms. The Morgan fingerprint density at radius 3 is 2.08 bits per heavy atom. The molecule has 0 saturated carbocycles. The van der Waals surface area contributed by atoms with Crippen molar-refractivity contribution in [3.05, 3.63) is 77.9 Å².